The minimum Gasteiger partial charge on any atom is -0.495 e. The molecule has 4 heteroatoms. The average molecular weight is 276 g/mol. The van der Waals surface area contributed by atoms with E-state index in [1.54, 1.807) is 7.11 Å². The fourth-order valence-electron chi connectivity index (χ4n) is 2.89. The zero-order chi connectivity index (χ0) is 14.5. The normalized spacial score (nSPS) is 22.1. The van der Waals surface area contributed by atoms with E-state index in [-0.39, 0.29) is 5.91 Å². The van der Waals surface area contributed by atoms with Gasteiger partial charge in [0.25, 0.3) is 0 Å². The predicted molar refractivity (Wildman–Crippen MR) is 82.3 cm³/mol. The third-order valence-electron chi connectivity index (χ3n) is 3.82. The van der Waals surface area contributed by atoms with Gasteiger partial charge in [0.1, 0.15) is 5.75 Å². The number of benzene rings is 1. The molecule has 4 nitrogen and oxygen atoms in total. The summed E-state index contributed by atoms with van der Waals surface area (Å²) in [4.78, 5) is 11.1. The highest BCUT2D eigenvalue weighted by molar-refractivity contribution is 5.89. The first-order valence-electron chi connectivity index (χ1n) is 7.30. The zero-order valence-corrected chi connectivity index (χ0v) is 12.5. The van der Waals surface area contributed by atoms with Crippen molar-refractivity contribution in [1.82, 2.24) is 0 Å². The van der Waals surface area contributed by atoms with E-state index in [9.17, 15) is 4.79 Å². The Labute approximate surface area is 120 Å². The Morgan fingerprint density at radius 1 is 1.35 bits per heavy atom. The minimum atomic E-state index is -0.0626. The van der Waals surface area contributed by atoms with Gasteiger partial charge in [0, 0.05) is 18.7 Å². The van der Waals surface area contributed by atoms with Gasteiger partial charge in [-0.2, -0.15) is 0 Å². The Morgan fingerprint density at radius 2 is 2.15 bits per heavy atom. The minimum absolute atomic E-state index is 0.0626. The molecule has 1 aliphatic rings. The monoisotopic (exact) mass is 276 g/mol. The van der Waals surface area contributed by atoms with Crippen LogP contribution in [0.1, 0.15) is 39.5 Å². The number of ether oxygens (including phenoxy) is 1. The summed E-state index contributed by atoms with van der Waals surface area (Å²) in [7, 11) is 1.67. The molecule has 1 saturated carbocycles. The lowest BCUT2D eigenvalue weighted by Gasteiger charge is -2.29. The maximum absolute atomic E-state index is 11.1. The second kappa shape index (κ2) is 6.64. The molecule has 2 atom stereocenters. The van der Waals surface area contributed by atoms with E-state index in [1.807, 2.05) is 18.2 Å². The summed E-state index contributed by atoms with van der Waals surface area (Å²) in [6.07, 6.45) is 4.97. The van der Waals surface area contributed by atoms with E-state index < -0.39 is 0 Å². The SMILES string of the molecule is COc1ccc(NC(C)=O)cc1NC1CCCC(C)C1. The number of anilines is 2. The number of amides is 1. The number of hydrogen-bond donors (Lipinski definition) is 2. The molecule has 1 aromatic rings. The van der Waals surface area contributed by atoms with Crippen molar-refractivity contribution < 1.29 is 9.53 Å². The molecule has 1 fully saturated rings. The molecule has 0 heterocycles. The molecule has 1 aromatic carbocycles. The van der Waals surface area contributed by atoms with Gasteiger partial charge in [-0.25, -0.2) is 0 Å². The molecular formula is C16H24N2O2. The molecule has 0 aromatic heterocycles. The topological polar surface area (TPSA) is 50.4 Å². The Hall–Kier alpha value is -1.71. The fourth-order valence-corrected chi connectivity index (χ4v) is 2.89. The summed E-state index contributed by atoms with van der Waals surface area (Å²) in [6.45, 7) is 3.82. The third kappa shape index (κ3) is 3.89. The molecule has 2 rings (SSSR count). The molecule has 0 bridgehead atoms. The maximum atomic E-state index is 11.1. The fraction of sp³-hybridized carbons (Fsp3) is 0.562. The van der Waals surface area contributed by atoms with Crippen molar-refractivity contribution in [2.45, 2.75) is 45.6 Å². The van der Waals surface area contributed by atoms with Crippen LogP contribution in [0.4, 0.5) is 11.4 Å². The molecule has 20 heavy (non-hydrogen) atoms. The second-order valence-electron chi connectivity index (χ2n) is 5.71. The first-order valence-corrected chi connectivity index (χ1v) is 7.30. The largest absolute Gasteiger partial charge is 0.495 e. The summed E-state index contributed by atoms with van der Waals surface area (Å²) in [5.41, 5.74) is 1.75. The van der Waals surface area contributed by atoms with Crippen LogP contribution in [0.5, 0.6) is 5.75 Å². The standard InChI is InChI=1S/C16H24N2O2/c1-11-5-4-6-13(9-11)18-15-10-14(17-12(2)19)7-8-16(15)20-3/h7-8,10-11,13,18H,4-6,9H2,1-3H3,(H,17,19). The third-order valence-corrected chi connectivity index (χ3v) is 3.82. The lowest BCUT2D eigenvalue weighted by atomic mass is 9.87. The van der Waals surface area contributed by atoms with Crippen LogP contribution in [-0.4, -0.2) is 19.1 Å². The molecule has 110 valence electrons. The van der Waals surface area contributed by atoms with E-state index in [1.165, 1.54) is 32.6 Å². The number of hydrogen-bond acceptors (Lipinski definition) is 3. The molecule has 1 amide bonds. The summed E-state index contributed by atoms with van der Waals surface area (Å²) in [6, 6.07) is 6.18. The van der Waals surface area contributed by atoms with Crippen molar-refractivity contribution in [2.24, 2.45) is 5.92 Å². The van der Waals surface area contributed by atoms with Gasteiger partial charge in [-0.1, -0.05) is 19.8 Å². The number of carbonyl (C=O) groups is 1. The van der Waals surface area contributed by atoms with Crippen molar-refractivity contribution in [1.29, 1.82) is 0 Å². The number of methoxy groups -OCH3 is 1. The van der Waals surface area contributed by atoms with Crippen LogP contribution in [0.2, 0.25) is 0 Å². The molecule has 0 spiro atoms. The first kappa shape index (κ1) is 14.7. The van der Waals surface area contributed by atoms with Crippen molar-refractivity contribution in [3.8, 4) is 5.75 Å². The van der Waals surface area contributed by atoms with E-state index in [4.69, 9.17) is 4.74 Å². The molecule has 1 aliphatic carbocycles. The first-order chi connectivity index (χ1) is 9.58. The predicted octanol–water partition coefficient (Wildman–Crippen LogP) is 3.64. The highest BCUT2D eigenvalue weighted by atomic mass is 16.5. The van der Waals surface area contributed by atoms with Gasteiger partial charge in [0.05, 0.1) is 12.8 Å². The van der Waals surface area contributed by atoms with Gasteiger partial charge in [-0.15, -0.1) is 0 Å². The number of rotatable bonds is 4. The molecule has 2 N–H and O–H groups in total. The van der Waals surface area contributed by atoms with Crippen LogP contribution < -0.4 is 15.4 Å². The van der Waals surface area contributed by atoms with Crippen molar-refractivity contribution >= 4 is 17.3 Å². The Kier molecular flexibility index (Phi) is 4.88. The van der Waals surface area contributed by atoms with Crippen LogP contribution >= 0.6 is 0 Å². The lowest BCUT2D eigenvalue weighted by Crippen LogP contribution is -2.26. The van der Waals surface area contributed by atoms with Crippen molar-refractivity contribution in [2.75, 3.05) is 17.7 Å². The molecular weight excluding hydrogens is 252 g/mol. The van der Waals surface area contributed by atoms with Crippen molar-refractivity contribution in [3.63, 3.8) is 0 Å². The average Bonchev–Trinajstić information content (AvgIpc) is 2.38. The Morgan fingerprint density at radius 3 is 2.80 bits per heavy atom. The van der Waals surface area contributed by atoms with Crippen LogP contribution in [-0.2, 0) is 4.79 Å². The van der Waals surface area contributed by atoms with Crippen molar-refractivity contribution in [3.05, 3.63) is 18.2 Å². The highest BCUT2D eigenvalue weighted by Gasteiger charge is 2.19. The van der Waals surface area contributed by atoms with Gasteiger partial charge in [-0.3, -0.25) is 4.79 Å². The quantitative estimate of drug-likeness (QED) is 0.882. The number of nitrogens with one attached hydrogen (secondary N) is 2. The summed E-state index contributed by atoms with van der Waals surface area (Å²) in [5, 5.41) is 6.38. The van der Waals surface area contributed by atoms with E-state index in [0.29, 0.717) is 6.04 Å². The summed E-state index contributed by atoms with van der Waals surface area (Å²) < 4.78 is 5.40. The van der Waals surface area contributed by atoms with Crippen LogP contribution in [0.15, 0.2) is 18.2 Å². The smallest absolute Gasteiger partial charge is 0.221 e. The Bertz CT molecular complexity index is 474. The van der Waals surface area contributed by atoms with Gasteiger partial charge in [-0.05, 0) is 37.0 Å². The van der Waals surface area contributed by atoms with Gasteiger partial charge < -0.3 is 15.4 Å². The van der Waals surface area contributed by atoms with E-state index in [0.717, 1.165) is 23.0 Å². The van der Waals surface area contributed by atoms with Gasteiger partial charge in [0.2, 0.25) is 5.91 Å². The van der Waals surface area contributed by atoms with E-state index in [2.05, 4.69) is 17.6 Å². The molecule has 2 unspecified atom stereocenters. The van der Waals surface area contributed by atoms with Crippen LogP contribution in [0.3, 0.4) is 0 Å². The maximum Gasteiger partial charge on any atom is 0.221 e. The van der Waals surface area contributed by atoms with Gasteiger partial charge >= 0.3 is 0 Å². The summed E-state index contributed by atoms with van der Waals surface area (Å²) in [5.74, 6) is 1.52. The van der Waals surface area contributed by atoms with Crippen LogP contribution in [0, 0.1) is 5.92 Å². The molecule has 0 saturated heterocycles. The molecule has 0 radical (unpaired) electrons. The number of carbonyl (C=O) groups excluding carboxylic acids is 1. The zero-order valence-electron chi connectivity index (χ0n) is 12.5. The molecule has 0 aliphatic heterocycles. The van der Waals surface area contributed by atoms with Gasteiger partial charge in [0.15, 0.2) is 0 Å². The second-order valence-corrected chi connectivity index (χ2v) is 5.71. The lowest BCUT2D eigenvalue weighted by molar-refractivity contribution is -0.114. The highest BCUT2D eigenvalue weighted by Crippen LogP contribution is 2.32. The van der Waals surface area contributed by atoms with Crippen LogP contribution in [0.25, 0.3) is 0 Å². The summed E-state index contributed by atoms with van der Waals surface area (Å²) >= 11 is 0. The Balaban J connectivity index is 2.13. The van der Waals surface area contributed by atoms with E-state index >= 15 is 0 Å².